The topological polar surface area (TPSA) is 39.7 Å². The minimum Gasteiger partial charge on any atom is -0.335 e. The second-order valence-electron chi connectivity index (χ2n) is 6.81. The summed E-state index contributed by atoms with van der Waals surface area (Å²) in [7, 11) is 0. The van der Waals surface area contributed by atoms with Crippen molar-refractivity contribution in [2.45, 2.75) is 33.2 Å². The van der Waals surface area contributed by atoms with Crippen LogP contribution in [0.3, 0.4) is 0 Å². The van der Waals surface area contributed by atoms with E-state index in [4.69, 9.17) is 0 Å². The summed E-state index contributed by atoms with van der Waals surface area (Å²) in [4.78, 5) is 24.0. The summed E-state index contributed by atoms with van der Waals surface area (Å²) in [5.74, 6) is 0.956. The molecule has 0 atom stereocenters. The Kier molecular flexibility index (Phi) is 5.67. The summed E-state index contributed by atoms with van der Waals surface area (Å²) >= 11 is 1.63. The lowest BCUT2D eigenvalue weighted by molar-refractivity contribution is 0.0638. The Hall–Kier alpha value is -0.980. The molecule has 0 N–H and O–H groups in total. The van der Waals surface area contributed by atoms with Crippen LogP contribution in [0, 0.1) is 5.92 Å². The van der Waals surface area contributed by atoms with Crippen molar-refractivity contribution in [3.05, 3.63) is 16.1 Å². The first-order valence-electron chi connectivity index (χ1n) is 8.84. The van der Waals surface area contributed by atoms with Gasteiger partial charge in [0.25, 0.3) is 5.91 Å². The van der Waals surface area contributed by atoms with Crippen LogP contribution in [0.2, 0.25) is 0 Å². The highest BCUT2D eigenvalue weighted by Crippen LogP contribution is 2.20. The molecule has 0 aliphatic carbocycles. The zero-order valence-corrected chi connectivity index (χ0v) is 15.1. The molecule has 2 saturated heterocycles. The molecule has 1 aromatic rings. The Morgan fingerprint density at radius 1 is 1.17 bits per heavy atom. The third kappa shape index (κ3) is 4.31. The van der Waals surface area contributed by atoms with Crippen LogP contribution in [0.1, 0.15) is 42.2 Å². The second kappa shape index (κ2) is 7.73. The Balaban J connectivity index is 1.53. The molecule has 128 valence electrons. The molecule has 3 heterocycles. The van der Waals surface area contributed by atoms with Crippen molar-refractivity contribution >= 4 is 17.2 Å². The summed E-state index contributed by atoms with van der Waals surface area (Å²) in [5, 5.41) is 3.02. The van der Waals surface area contributed by atoms with Gasteiger partial charge in [0.15, 0.2) is 0 Å². The maximum atomic E-state index is 12.6. The molecule has 0 unspecified atom stereocenters. The van der Waals surface area contributed by atoms with E-state index in [9.17, 15) is 4.79 Å². The number of rotatable bonds is 4. The predicted octanol–water partition coefficient (Wildman–Crippen LogP) is 2.15. The van der Waals surface area contributed by atoms with Gasteiger partial charge in [-0.25, -0.2) is 4.98 Å². The van der Waals surface area contributed by atoms with Crippen LogP contribution in [-0.4, -0.2) is 71.4 Å². The van der Waals surface area contributed by atoms with Crippen molar-refractivity contribution in [2.75, 3.05) is 45.8 Å². The minimum atomic E-state index is 0.107. The zero-order valence-electron chi connectivity index (χ0n) is 14.3. The number of amides is 1. The minimum absolute atomic E-state index is 0.107. The average molecular weight is 337 g/mol. The molecule has 0 spiro atoms. The summed E-state index contributed by atoms with van der Waals surface area (Å²) in [6.07, 6.45) is 2.55. The zero-order chi connectivity index (χ0) is 16.2. The molecular weight excluding hydrogens is 308 g/mol. The largest absolute Gasteiger partial charge is 0.335 e. The van der Waals surface area contributed by atoms with E-state index in [2.05, 4.69) is 28.6 Å². The highest BCUT2D eigenvalue weighted by atomic mass is 32.1. The highest BCUT2D eigenvalue weighted by molar-refractivity contribution is 7.09. The molecule has 0 radical (unpaired) electrons. The van der Waals surface area contributed by atoms with Crippen LogP contribution in [-0.2, 0) is 6.54 Å². The number of aromatic nitrogens is 1. The highest BCUT2D eigenvalue weighted by Gasteiger charge is 2.24. The molecule has 0 saturated carbocycles. The lowest BCUT2D eigenvalue weighted by Crippen LogP contribution is -2.48. The van der Waals surface area contributed by atoms with Gasteiger partial charge in [-0.1, -0.05) is 13.8 Å². The Bertz CT molecular complexity index is 516. The van der Waals surface area contributed by atoms with Crippen molar-refractivity contribution in [2.24, 2.45) is 5.92 Å². The third-order valence-corrected chi connectivity index (χ3v) is 5.95. The van der Waals surface area contributed by atoms with E-state index in [0.717, 1.165) is 63.3 Å². The van der Waals surface area contributed by atoms with Gasteiger partial charge in [-0.05, 0) is 38.4 Å². The molecule has 2 fully saturated rings. The third-order valence-electron chi connectivity index (χ3n) is 5.11. The number of piperidine rings is 1. The quantitative estimate of drug-likeness (QED) is 0.845. The van der Waals surface area contributed by atoms with Crippen LogP contribution < -0.4 is 0 Å². The van der Waals surface area contributed by atoms with Gasteiger partial charge in [-0.15, -0.1) is 11.3 Å². The molecule has 3 rings (SSSR count). The lowest BCUT2D eigenvalue weighted by atomic mass is 9.99. The van der Waals surface area contributed by atoms with E-state index < -0.39 is 0 Å². The number of nitrogens with zero attached hydrogens (tertiary/aromatic N) is 4. The van der Waals surface area contributed by atoms with E-state index in [0.29, 0.717) is 5.69 Å². The van der Waals surface area contributed by atoms with Gasteiger partial charge in [-0.2, -0.15) is 0 Å². The second-order valence-corrected chi connectivity index (χ2v) is 7.75. The number of likely N-dealkylation sites (tertiary alicyclic amines) is 1. The molecular formula is C17H28N4OS. The van der Waals surface area contributed by atoms with Crippen LogP contribution >= 0.6 is 11.3 Å². The number of carbonyl (C=O) groups excluding carboxylic acids is 1. The summed E-state index contributed by atoms with van der Waals surface area (Å²) in [5.41, 5.74) is 0.639. The van der Waals surface area contributed by atoms with E-state index in [1.807, 2.05) is 10.3 Å². The number of thiazole rings is 1. The number of hydrogen-bond donors (Lipinski definition) is 0. The van der Waals surface area contributed by atoms with E-state index >= 15 is 0 Å². The Morgan fingerprint density at radius 3 is 2.52 bits per heavy atom. The van der Waals surface area contributed by atoms with Crippen LogP contribution in [0.15, 0.2) is 5.38 Å². The molecule has 0 aromatic carbocycles. The molecule has 0 bridgehead atoms. The van der Waals surface area contributed by atoms with Gasteiger partial charge in [0.2, 0.25) is 0 Å². The molecule has 6 heteroatoms. The monoisotopic (exact) mass is 336 g/mol. The number of hydrogen-bond acceptors (Lipinski definition) is 5. The van der Waals surface area contributed by atoms with E-state index in [-0.39, 0.29) is 5.91 Å². The number of piperazine rings is 1. The molecule has 2 aliphatic heterocycles. The van der Waals surface area contributed by atoms with Crippen LogP contribution in [0.25, 0.3) is 0 Å². The fourth-order valence-electron chi connectivity index (χ4n) is 3.32. The van der Waals surface area contributed by atoms with E-state index in [1.54, 1.807) is 11.3 Å². The number of likely N-dealkylation sites (N-methyl/N-ethyl adjacent to an activating group) is 1. The van der Waals surface area contributed by atoms with Crippen molar-refractivity contribution in [3.63, 3.8) is 0 Å². The van der Waals surface area contributed by atoms with Crippen LogP contribution in [0.4, 0.5) is 0 Å². The summed E-state index contributed by atoms with van der Waals surface area (Å²) in [6.45, 7) is 12.4. The Morgan fingerprint density at radius 2 is 1.87 bits per heavy atom. The SMILES string of the molecule is CCN1CCN(C(=O)c2csc(CN3CCC(C)CC3)n2)CC1. The van der Waals surface area contributed by atoms with Gasteiger partial charge >= 0.3 is 0 Å². The van der Waals surface area contributed by atoms with Crippen molar-refractivity contribution in [3.8, 4) is 0 Å². The number of carbonyl (C=O) groups is 1. The fourth-order valence-corrected chi connectivity index (χ4v) is 4.13. The van der Waals surface area contributed by atoms with Gasteiger partial charge in [0.1, 0.15) is 10.7 Å². The van der Waals surface area contributed by atoms with Gasteiger partial charge in [0.05, 0.1) is 6.54 Å². The summed E-state index contributed by atoms with van der Waals surface area (Å²) in [6, 6.07) is 0. The first-order valence-corrected chi connectivity index (χ1v) is 9.72. The Labute approximate surface area is 143 Å². The molecule has 1 aromatic heterocycles. The standard InChI is InChI=1S/C17H28N4OS/c1-3-19-8-10-21(11-9-19)17(22)15-13-23-16(18-15)12-20-6-4-14(2)5-7-20/h13-14H,3-12H2,1-2H3. The normalized spacial score (nSPS) is 21.7. The lowest BCUT2D eigenvalue weighted by Gasteiger charge is -2.33. The van der Waals surface area contributed by atoms with Gasteiger partial charge in [-0.3, -0.25) is 9.69 Å². The summed E-state index contributed by atoms with van der Waals surface area (Å²) < 4.78 is 0. The van der Waals surface area contributed by atoms with Crippen molar-refractivity contribution in [1.29, 1.82) is 0 Å². The molecule has 23 heavy (non-hydrogen) atoms. The first-order chi connectivity index (χ1) is 11.2. The maximum Gasteiger partial charge on any atom is 0.273 e. The molecule has 1 amide bonds. The fraction of sp³-hybridized carbons (Fsp3) is 0.765. The van der Waals surface area contributed by atoms with E-state index in [1.165, 1.54) is 12.8 Å². The van der Waals surface area contributed by atoms with Gasteiger partial charge in [0, 0.05) is 31.6 Å². The maximum absolute atomic E-state index is 12.6. The first kappa shape index (κ1) is 16.9. The van der Waals surface area contributed by atoms with Crippen molar-refractivity contribution < 1.29 is 4.79 Å². The predicted molar refractivity (Wildman–Crippen MR) is 93.8 cm³/mol. The van der Waals surface area contributed by atoms with Gasteiger partial charge < -0.3 is 9.80 Å². The molecule has 5 nitrogen and oxygen atoms in total. The smallest absolute Gasteiger partial charge is 0.273 e. The van der Waals surface area contributed by atoms with Crippen molar-refractivity contribution in [1.82, 2.24) is 19.7 Å². The molecule has 2 aliphatic rings. The van der Waals surface area contributed by atoms with Crippen LogP contribution in [0.5, 0.6) is 0 Å². The average Bonchev–Trinajstić information content (AvgIpc) is 3.05.